The molecule has 1 aromatic carbocycles. The molecule has 1 aromatic rings. The van der Waals surface area contributed by atoms with Crippen molar-refractivity contribution in [3.8, 4) is 0 Å². The van der Waals surface area contributed by atoms with E-state index in [4.69, 9.17) is 27.9 Å². The normalized spacial score (nSPS) is 20.5. The number of halogens is 2. The van der Waals surface area contributed by atoms with Gasteiger partial charge < -0.3 is 4.74 Å². The Morgan fingerprint density at radius 3 is 2.80 bits per heavy atom. The summed E-state index contributed by atoms with van der Waals surface area (Å²) < 4.78 is 5.17. The second-order valence-electron chi connectivity index (χ2n) is 3.55. The molecular weight excluding hydrogens is 235 g/mol. The van der Waals surface area contributed by atoms with E-state index < -0.39 is 0 Å². The van der Waals surface area contributed by atoms with Crippen molar-refractivity contribution in [1.29, 1.82) is 0 Å². The van der Waals surface area contributed by atoms with E-state index in [1.807, 2.05) is 0 Å². The number of carbonyl (C=O) groups excluding carboxylic acids is 1. The smallest absolute Gasteiger partial charge is 0.169 e. The fraction of sp³-hybridized carbons (Fsp3) is 0.364. The van der Waals surface area contributed by atoms with E-state index in [2.05, 4.69) is 0 Å². The maximum absolute atomic E-state index is 12.0. The van der Waals surface area contributed by atoms with Crippen LogP contribution in [-0.4, -0.2) is 19.0 Å². The number of benzene rings is 1. The van der Waals surface area contributed by atoms with Gasteiger partial charge in [0.2, 0.25) is 0 Å². The van der Waals surface area contributed by atoms with Gasteiger partial charge in [-0.2, -0.15) is 0 Å². The van der Waals surface area contributed by atoms with Gasteiger partial charge in [0.15, 0.2) is 5.78 Å². The Morgan fingerprint density at radius 1 is 1.40 bits per heavy atom. The summed E-state index contributed by atoms with van der Waals surface area (Å²) in [5, 5.41) is 0.957. The minimum absolute atomic E-state index is 0.0502. The van der Waals surface area contributed by atoms with Crippen molar-refractivity contribution < 1.29 is 9.53 Å². The third kappa shape index (κ3) is 2.33. The third-order valence-corrected chi connectivity index (χ3v) is 3.04. The van der Waals surface area contributed by atoms with Gasteiger partial charge in [0.25, 0.3) is 0 Å². The predicted molar refractivity (Wildman–Crippen MR) is 59.7 cm³/mol. The minimum atomic E-state index is -0.0522. The first-order chi connectivity index (χ1) is 7.18. The summed E-state index contributed by atoms with van der Waals surface area (Å²) in [5.74, 6) is -0.00200. The molecule has 0 spiro atoms. The first-order valence-corrected chi connectivity index (χ1v) is 5.51. The van der Waals surface area contributed by atoms with Crippen LogP contribution in [0.15, 0.2) is 18.2 Å². The lowest BCUT2D eigenvalue weighted by Gasteiger charge is -2.08. The van der Waals surface area contributed by atoms with Gasteiger partial charge in [-0.25, -0.2) is 0 Å². The van der Waals surface area contributed by atoms with Crippen LogP contribution < -0.4 is 0 Å². The summed E-state index contributed by atoms with van der Waals surface area (Å²) in [5.41, 5.74) is 0.538. The zero-order valence-corrected chi connectivity index (χ0v) is 9.52. The van der Waals surface area contributed by atoms with Crippen LogP contribution in [0.5, 0.6) is 0 Å². The quantitative estimate of drug-likeness (QED) is 0.748. The average Bonchev–Trinajstić information content (AvgIpc) is 2.69. The summed E-state index contributed by atoms with van der Waals surface area (Å²) in [6.07, 6.45) is 0.776. The van der Waals surface area contributed by atoms with Crippen molar-refractivity contribution in [3.63, 3.8) is 0 Å². The number of rotatable bonds is 2. The highest BCUT2D eigenvalue weighted by molar-refractivity contribution is 6.36. The van der Waals surface area contributed by atoms with E-state index in [0.717, 1.165) is 6.42 Å². The molecule has 1 saturated heterocycles. The van der Waals surface area contributed by atoms with Crippen molar-refractivity contribution in [3.05, 3.63) is 33.8 Å². The highest BCUT2D eigenvalue weighted by atomic mass is 35.5. The van der Waals surface area contributed by atoms with Crippen LogP contribution in [0.25, 0.3) is 0 Å². The number of carbonyl (C=O) groups is 1. The summed E-state index contributed by atoms with van der Waals surface area (Å²) in [4.78, 5) is 12.0. The Kier molecular flexibility index (Phi) is 3.29. The first kappa shape index (κ1) is 10.9. The second-order valence-corrected chi connectivity index (χ2v) is 4.39. The van der Waals surface area contributed by atoms with E-state index in [-0.39, 0.29) is 11.7 Å². The largest absolute Gasteiger partial charge is 0.381 e. The van der Waals surface area contributed by atoms with Gasteiger partial charge in [-0.1, -0.05) is 23.2 Å². The molecule has 1 fully saturated rings. The Bertz CT molecular complexity index is 384. The van der Waals surface area contributed by atoms with Crippen LogP contribution in [0.3, 0.4) is 0 Å². The molecule has 0 radical (unpaired) electrons. The van der Waals surface area contributed by atoms with Crippen molar-refractivity contribution in [2.45, 2.75) is 6.42 Å². The molecule has 1 heterocycles. The lowest BCUT2D eigenvalue weighted by atomic mass is 9.97. The summed E-state index contributed by atoms with van der Waals surface area (Å²) in [7, 11) is 0. The molecule has 1 aliphatic heterocycles. The van der Waals surface area contributed by atoms with Gasteiger partial charge in [-0.3, -0.25) is 4.79 Å². The monoisotopic (exact) mass is 244 g/mol. The van der Waals surface area contributed by atoms with E-state index >= 15 is 0 Å². The SMILES string of the molecule is O=C(c1ccc(Cl)cc1Cl)C1CCOC1. The molecule has 0 saturated carbocycles. The van der Waals surface area contributed by atoms with Crippen molar-refractivity contribution in [2.75, 3.05) is 13.2 Å². The maximum atomic E-state index is 12.0. The fourth-order valence-corrected chi connectivity index (χ4v) is 2.15. The number of hydrogen-bond acceptors (Lipinski definition) is 2. The maximum Gasteiger partial charge on any atom is 0.169 e. The highest BCUT2D eigenvalue weighted by Gasteiger charge is 2.25. The number of hydrogen-bond donors (Lipinski definition) is 0. The second kappa shape index (κ2) is 4.52. The summed E-state index contributed by atoms with van der Waals surface area (Å²) >= 11 is 11.7. The van der Waals surface area contributed by atoms with Crippen LogP contribution in [0.2, 0.25) is 10.0 Å². The topological polar surface area (TPSA) is 26.3 Å². The predicted octanol–water partition coefficient (Wildman–Crippen LogP) is 3.21. The highest BCUT2D eigenvalue weighted by Crippen LogP contribution is 2.26. The van der Waals surface area contributed by atoms with Crippen molar-refractivity contribution in [2.24, 2.45) is 5.92 Å². The number of ketones is 1. The Balaban J connectivity index is 2.24. The Hall–Kier alpha value is -0.570. The molecule has 2 nitrogen and oxygen atoms in total. The lowest BCUT2D eigenvalue weighted by molar-refractivity contribution is 0.0900. The molecule has 0 amide bonds. The van der Waals surface area contributed by atoms with Crippen molar-refractivity contribution >= 4 is 29.0 Å². The fourth-order valence-electron chi connectivity index (χ4n) is 1.65. The molecule has 80 valence electrons. The van der Waals surface area contributed by atoms with Crippen LogP contribution >= 0.6 is 23.2 Å². The van der Waals surface area contributed by atoms with E-state index in [1.54, 1.807) is 18.2 Å². The van der Waals surface area contributed by atoms with Gasteiger partial charge >= 0.3 is 0 Å². The first-order valence-electron chi connectivity index (χ1n) is 4.75. The molecule has 2 rings (SSSR count). The Labute approximate surface area is 98.1 Å². The van der Waals surface area contributed by atoms with Gasteiger partial charge in [0.05, 0.1) is 11.6 Å². The van der Waals surface area contributed by atoms with Crippen LogP contribution in [0, 0.1) is 5.92 Å². The van der Waals surface area contributed by atoms with Crippen LogP contribution in [0.4, 0.5) is 0 Å². The molecule has 1 unspecified atom stereocenters. The standard InChI is InChI=1S/C11H10Cl2O2/c12-8-1-2-9(10(13)5-8)11(14)7-3-4-15-6-7/h1-2,5,7H,3-4,6H2. The van der Waals surface area contributed by atoms with Gasteiger partial charge in [0.1, 0.15) is 0 Å². The molecule has 0 aliphatic carbocycles. The molecule has 1 aliphatic rings. The lowest BCUT2D eigenvalue weighted by Crippen LogP contribution is -2.14. The number of ether oxygens (including phenoxy) is 1. The third-order valence-electron chi connectivity index (χ3n) is 2.50. The van der Waals surface area contributed by atoms with Crippen molar-refractivity contribution in [1.82, 2.24) is 0 Å². The van der Waals surface area contributed by atoms with E-state index in [0.29, 0.717) is 28.8 Å². The zero-order chi connectivity index (χ0) is 10.8. The molecule has 15 heavy (non-hydrogen) atoms. The van der Waals surface area contributed by atoms with E-state index in [9.17, 15) is 4.79 Å². The molecular formula is C11H10Cl2O2. The number of Topliss-reactive ketones (excluding diaryl/α,β-unsaturated/α-hetero) is 1. The van der Waals surface area contributed by atoms with Crippen LogP contribution in [0.1, 0.15) is 16.8 Å². The molecule has 1 atom stereocenters. The molecule has 0 aromatic heterocycles. The van der Waals surface area contributed by atoms with Crippen LogP contribution in [-0.2, 0) is 4.74 Å². The average molecular weight is 245 g/mol. The van der Waals surface area contributed by atoms with E-state index in [1.165, 1.54) is 0 Å². The summed E-state index contributed by atoms with van der Waals surface area (Å²) in [6, 6.07) is 4.94. The minimum Gasteiger partial charge on any atom is -0.381 e. The molecule has 4 heteroatoms. The zero-order valence-electron chi connectivity index (χ0n) is 8.00. The van der Waals surface area contributed by atoms with Gasteiger partial charge in [0, 0.05) is 23.1 Å². The molecule has 0 N–H and O–H groups in total. The molecule has 0 bridgehead atoms. The van der Waals surface area contributed by atoms with Gasteiger partial charge in [-0.05, 0) is 24.6 Å². The summed E-state index contributed by atoms with van der Waals surface area (Å²) in [6.45, 7) is 1.15. The van der Waals surface area contributed by atoms with Gasteiger partial charge in [-0.15, -0.1) is 0 Å². The Morgan fingerprint density at radius 2 is 2.20 bits per heavy atom.